The minimum absolute atomic E-state index is 0.0705. The van der Waals surface area contributed by atoms with Crippen LogP contribution in [0.25, 0.3) is 0 Å². The van der Waals surface area contributed by atoms with Crippen LogP contribution in [0, 0.1) is 0 Å². The number of nitrogens with two attached hydrogens (primary N) is 1. The summed E-state index contributed by atoms with van der Waals surface area (Å²) in [5, 5.41) is 0. The minimum atomic E-state index is 0.0705. The fraction of sp³-hybridized carbons (Fsp3) is 0.600. The molecule has 2 atom stereocenters. The van der Waals surface area contributed by atoms with E-state index in [9.17, 15) is 0 Å². The fourth-order valence-electron chi connectivity index (χ4n) is 1.92. The maximum atomic E-state index is 5.55. The van der Waals surface area contributed by atoms with Gasteiger partial charge in [0.1, 0.15) is 18.0 Å². The van der Waals surface area contributed by atoms with Gasteiger partial charge in [0.2, 0.25) is 5.95 Å². The Labute approximate surface area is 94.4 Å². The standard InChI is InChI=1S/C10H16N4O2/c1-15-7-5-14(6-8(7)16-2)9-3-4-12-10(11)13-9/h3-4,7-8H,5-6H2,1-2H3,(H2,11,12,13). The number of rotatable bonds is 3. The molecule has 0 aromatic carbocycles. The van der Waals surface area contributed by atoms with E-state index >= 15 is 0 Å². The summed E-state index contributed by atoms with van der Waals surface area (Å²) in [6.07, 6.45) is 1.79. The number of ether oxygens (including phenoxy) is 2. The first-order valence-electron chi connectivity index (χ1n) is 5.13. The highest BCUT2D eigenvalue weighted by atomic mass is 16.5. The minimum Gasteiger partial charge on any atom is -0.377 e. The molecule has 88 valence electrons. The topological polar surface area (TPSA) is 73.5 Å². The molecule has 2 heterocycles. The first-order valence-corrected chi connectivity index (χ1v) is 5.13. The third-order valence-corrected chi connectivity index (χ3v) is 2.80. The average molecular weight is 224 g/mol. The quantitative estimate of drug-likeness (QED) is 0.773. The van der Waals surface area contributed by atoms with Crippen LogP contribution in [0.4, 0.5) is 11.8 Å². The van der Waals surface area contributed by atoms with E-state index in [2.05, 4.69) is 14.9 Å². The van der Waals surface area contributed by atoms with Gasteiger partial charge in [-0.25, -0.2) is 4.98 Å². The second-order valence-electron chi connectivity index (χ2n) is 3.73. The Morgan fingerprint density at radius 1 is 1.31 bits per heavy atom. The van der Waals surface area contributed by atoms with E-state index < -0.39 is 0 Å². The third kappa shape index (κ3) is 2.07. The Morgan fingerprint density at radius 2 is 1.94 bits per heavy atom. The van der Waals surface area contributed by atoms with Crippen molar-refractivity contribution in [3.63, 3.8) is 0 Å². The molecule has 2 rings (SSSR count). The molecule has 1 aliphatic heterocycles. The Hall–Kier alpha value is -1.40. The molecule has 1 aliphatic rings. The van der Waals surface area contributed by atoms with E-state index in [1.165, 1.54) is 0 Å². The molecule has 1 saturated heterocycles. The van der Waals surface area contributed by atoms with Crippen molar-refractivity contribution < 1.29 is 9.47 Å². The van der Waals surface area contributed by atoms with Crippen molar-refractivity contribution in [3.8, 4) is 0 Å². The van der Waals surface area contributed by atoms with Gasteiger partial charge < -0.3 is 20.1 Å². The van der Waals surface area contributed by atoms with Crippen LogP contribution in [-0.2, 0) is 9.47 Å². The molecule has 1 aromatic rings. The number of nitrogen functional groups attached to an aromatic ring is 1. The zero-order valence-electron chi connectivity index (χ0n) is 9.46. The highest BCUT2D eigenvalue weighted by Gasteiger charge is 2.33. The number of methoxy groups -OCH3 is 2. The average Bonchev–Trinajstić information content (AvgIpc) is 2.72. The van der Waals surface area contributed by atoms with Crippen LogP contribution in [-0.4, -0.2) is 49.5 Å². The fourth-order valence-corrected chi connectivity index (χ4v) is 1.92. The SMILES string of the molecule is COC1CN(c2ccnc(N)n2)CC1OC. The van der Waals surface area contributed by atoms with Crippen molar-refractivity contribution in [3.05, 3.63) is 12.3 Å². The predicted molar refractivity (Wildman–Crippen MR) is 60.3 cm³/mol. The lowest BCUT2D eigenvalue weighted by Gasteiger charge is -2.16. The summed E-state index contributed by atoms with van der Waals surface area (Å²) in [7, 11) is 3.38. The Bertz CT molecular complexity index is 348. The molecule has 1 fully saturated rings. The van der Waals surface area contributed by atoms with E-state index in [1.54, 1.807) is 20.4 Å². The van der Waals surface area contributed by atoms with Crippen LogP contribution >= 0.6 is 0 Å². The number of nitrogens with zero attached hydrogens (tertiary/aromatic N) is 3. The molecule has 16 heavy (non-hydrogen) atoms. The zero-order chi connectivity index (χ0) is 11.5. The van der Waals surface area contributed by atoms with Crippen molar-refractivity contribution in [2.24, 2.45) is 0 Å². The predicted octanol–water partition coefficient (Wildman–Crippen LogP) is -0.0912. The zero-order valence-corrected chi connectivity index (χ0v) is 9.46. The van der Waals surface area contributed by atoms with Gasteiger partial charge in [0, 0.05) is 33.5 Å². The molecular weight excluding hydrogens is 208 g/mol. The number of hydrogen-bond donors (Lipinski definition) is 1. The van der Waals surface area contributed by atoms with E-state index in [0.717, 1.165) is 18.9 Å². The molecular formula is C10H16N4O2. The Kier molecular flexibility index (Phi) is 3.21. The molecule has 0 aliphatic carbocycles. The van der Waals surface area contributed by atoms with Crippen molar-refractivity contribution in [2.75, 3.05) is 37.9 Å². The number of aromatic nitrogens is 2. The monoisotopic (exact) mass is 224 g/mol. The molecule has 0 amide bonds. The molecule has 2 N–H and O–H groups in total. The van der Waals surface area contributed by atoms with E-state index in [-0.39, 0.29) is 18.2 Å². The molecule has 2 unspecified atom stereocenters. The molecule has 0 spiro atoms. The van der Waals surface area contributed by atoms with Crippen molar-refractivity contribution in [1.29, 1.82) is 0 Å². The van der Waals surface area contributed by atoms with Gasteiger partial charge >= 0.3 is 0 Å². The van der Waals surface area contributed by atoms with Gasteiger partial charge in [-0.1, -0.05) is 0 Å². The van der Waals surface area contributed by atoms with Crippen LogP contribution in [0.1, 0.15) is 0 Å². The van der Waals surface area contributed by atoms with Crippen LogP contribution in [0.3, 0.4) is 0 Å². The normalized spacial score (nSPS) is 25.0. The van der Waals surface area contributed by atoms with Crippen LogP contribution in [0.2, 0.25) is 0 Å². The molecule has 0 bridgehead atoms. The first-order chi connectivity index (χ1) is 7.74. The van der Waals surface area contributed by atoms with E-state index in [1.807, 2.05) is 6.07 Å². The summed E-state index contributed by atoms with van der Waals surface area (Å²) in [5.41, 5.74) is 5.55. The second-order valence-corrected chi connectivity index (χ2v) is 3.73. The first kappa shape index (κ1) is 11.1. The van der Waals surface area contributed by atoms with E-state index in [0.29, 0.717) is 0 Å². The third-order valence-electron chi connectivity index (χ3n) is 2.80. The van der Waals surface area contributed by atoms with Gasteiger partial charge in [0.25, 0.3) is 0 Å². The summed E-state index contributed by atoms with van der Waals surface area (Å²) < 4.78 is 10.7. The second kappa shape index (κ2) is 4.63. The molecule has 1 aromatic heterocycles. The van der Waals surface area contributed by atoms with Gasteiger partial charge in [0.05, 0.1) is 0 Å². The summed E-state index contributed by atoms with van der Waals surface area (Å²) in [6, 6.07) is 1.83. The molecule has 6 nitrogen and oxygen atoms in total. The van der Waals surface area contributed by atoms with Crippen LogP contribution < -0.4 is 10.6 Å². The van der Waals surface area contributed by atoms with Crippen LogP contribution in [0.5, 0.6) is 0 Å². The maximum Gasteiger partial charge on any atom is 0.221 e. The van der Waals surface area contributed by atoms with Crippen LogP contribution in [0.15, 0.2) is 12.3 Å². The lowest BCUT2D eigenvalue weighted by molar-refractivity contribution is -0.00461. The van der Waals surface area contributed by atoms with Crippen molar-refractivity contribution in [2.45, 2.75) is 12.2 Å². The van der Waals surface area contributed by atoms with Gasteiger partial charge in [0.15, 0.2) is 0 Å². The largest absolute Gasteiger partial charge is 0.377 e. The van der Waals surface area contributed by atoms with Gasteiger partial charge in [-0.15, -0.1) is 0 Å². The highest BCUT2D eigenvalue weighted by Crippen LogP contribution is 2.21. The highest BCUT2D eigenvalue weighted by molar-refractivity contribution is 5.42. The molecule has 0 saturated carbocycles. The summed E-state index contributed by atoms with van der Waals surface area (Å²) in [6.45, 7) is 1.51. The smallest absolute Gasteiger partial charge is 0.221 e. The van der Waals surface area contributed by atoms with Crippen molar-refractivity contribution in [1.82, 2.24) is 9.97 Å². The lowest BCUT2D eigenvalue weighted by Crippen LogP contribution is -2.27. The molecule has 6 heteroatoms. The Balaban J connectivity index is 2.12. The lowest BCUT2D eigenvalue weighted by atomic mass is 10.3. The number of anilines is 2. The summed E-state index contributed by atoms with van der Waals surface area (Å²) in [4.78, 5) is 10.1. The van der Waals surface area contributed by atoms with Gasteiger partial charge in [-0.2, -0.15) is 4.98 Å². The maximum absolute atomic E-state index is 5.55. The number of hydrogen-bond acceptors (Lipinski definition) is 6. The van der Waals surface area contributed by atoms with Gasteiger partial charge in [-0.3, -0.25) is 0 Å². The molecule has 0 radical (unpaired) electrons. The Morgan fingerprint density at radius 3 is 2.44 bits per heavy atom. The van der Waals surface area contributed by atoms with Crippen molar-refractivity contribution >= 4 is 11.8 Å². The summed E-state index contributed by atoms with van der Waals surface area (Å²) in [5.74, 6) is 1.10. The summed E-state index contributed by atoms with van der Waals surface area (Å²) >= 11 is 0. The van der Waals surface area contributed by atoms with Gasteiger partial charge in [-0.05, 0) is 6.07 Å². The van der Waals surface area contributed by atoms with E-state index in [4.69, 9.17) is 15.2 Å².